The standard InChI is InChI=1S/C25H38N4O8/c1-13(2)19-17(23(28-27-19)37-24-22(33)21(32)20(31)18(12-30)36-24)11-15-6-7-16(10-14(15)3)35-9-5-8-29(4)25(26)34/h6-7,10,13,18,20-22,24,30-33H,5,8-9,11-12H2,1-4H3,(H2,26,34)(H,27,28)/t18-,20-,21+,22-,24+/m1/s1. The lowest BCUT2D eigenvalue weighted by Crippen LogP contribution is -2.60. The van der Waals surface area contributed by atoms with Crippen LogP contribution in [0.2, 0.25) is 0 Å². The van der Waals surface area contributed by atoms with Crippen molar-refractivity contribution in [1.82, 2.24) is 15.1 Å². The summed E-state index contributed by atoms with van der Waals surface area (Å²) < 4.78 is 17.2. The molecule has 3 rings (SSSR count). The Kier molecular flexibility index (Phi) is 9.74. The number of rotatable bonds is 11. The van der Waals surface area contributed by atoms with E-state index in [0.29, 0.717) is 31.7 Å². The van der Waals surface area contributed by atoms with E-state index >= 15 is 0 Å². The van der Waals surface area contributed by atoms with E-state index in [9.17, 15) is 25.2 Å². The third-order valence-electron chi connectivity index (χ3n) is 6.48. The second-order valence-electron chi connectivity index (χ2n) is 9.62. The molecule has 0 unspecified atom stereocenters. The number of amides is 2. The number of H-pyrrole nitrogens is 1. The third-order valence-corrected chi connectivity index (χ3v) is 6.48. The minimum atomic E-state index is -1.55. The number of nitrogens with one attached hydrogen (secondary N) is 1. The second-order valence-corrected chi connectivity index (χ2v) is 9.62. The molecule has 2 amide bonds. The highest BCUT2D eigenvalue weighted by molar-refractivity contribution is 5.71. The Morgan fingerprint density at radius 1 is 1.24 bits per heavy atom. The van der Waals surface area contributed by atoms with E-state index in [0.717, 1.165) is 22.4 Å². The minimum Gasteiger partial charge on any atom is -0.494 e. The van der Waals surface area contributed by atoms with Crippen molar-refractivity contribution in [2.75, 3.05) is 26.8 Å². The number of hydrogen-bond acceptors (Lipinski definition) is 9. The quantitative estimate of drug-likeness (QED) is 0.227. The molecule has 5 atom stereocenters. The first-order valence-corrected chi connectivity index (χ1v) is 12.3. The van der Waals surface area contributed by atoms with Crippen molar-refractivity contribution < 1.29 is 39.4 Å². The lowest BCUT2D eigenvalue weighted by Gasteiger charge is -2.39. The van der Waals surface area contributed by atoms with Gasteiger partial charge in [0.1, 0.15) is 30.2 Å². The number of nitrogens with zero attached hydrogens (tertiary/aromatic N) is 2. The van der Waals surface area contributed by atoms with Gasteiger partial charge in [0.2, 0.25) is 12.2 Å². The zero-order valence-electron chi connectivity index (χ0n) is 21.6. The molecule has 1 aromatic carbocycles. The fourth-order valence-corrected chi connectivity index (χ4v) is 4.13. The molecule has 1 fully saturated rings. The Labute approximate surface area is 215 Å². The first-order chi connectivity index (χ1) is 17.5. The molecule has 37 heavy (non-hydrogen) atoms. The number of benzene rings is 1. The van der Waals surface area contributed by atoms with E-state index in [1.165, 1.54) is 4.90 Å². The van der Waals surface area contributed by atoms with Crippen LogP contribution in [0.15, 0.2) is 18.2 Å². The molecule has 0 bridgehead atoms. The van der Waals surface area contributed by atoms with E-state index in [2.05, 4.69) is 10.2 Å². The maximum atomic E-state index is 11.1. The molecule has 7 N–H and O–H groups in total. The zero-order chi connectivity index (χ0) is 27.3. The van der Waals surface area contributed by atoms with Crippen LogP contribution < -0.4 is 15.2 Å². The normalized spacial score (nSPS) is 23.8. The van der Waals surface area contributed by atoms with Gasteiger partial charge in [0.05, 0.1) is 13.2 Å². The van der Waals surface area contributed by atoms with E-state index in [1.807, 2.05) is 39.0 Å². The number of ether oxygens (including phenoxy) is 3. The van der Waals surface area contributed by atoms with Crippen LogP contribution in [-0.2, 0) is 11.2 Å². The maximum Gasteiger partial charge on any atom is 0.314 e. The highest BCUT2D eigenvalue weighted by atomic mass is 16.7. The number of carbonyl (C=O) groups excluding carboxylic acids is 1. The van der Waals surface area contributed by atoms with Gasteiger partial charge in [0.15, 0.2) is 0 Å². The number of aliphatic hydroxyl groups is 4. The predicted molar refractivity (Wildman–Crippen MR) is 133 cm³/mol. The molecular formula is C25H38N4O8. The molecule has 0 saturated carbocycles. The van der Waals surface area contributed by atoms with Crippen molar-refractivity contribution in [2.24, 2.45) is 5.73 Å². The number of carbonyl (C=O) groups is 1. The Balaban J connectivity index is 1.73. The maximum absolute atomic E-state index is 11.1. The molecule has 206 valence electrons. The third kappa shape index (κ3) is 6.90. The molecule has 12 heteroatoms. The molecule has 12 nitrogen and oxygen atoms in total. The van der Waals surface area contributed by atoms with Gasteiger partial charge < -0.3 is 45.3 Å². The van der Waals surface area contributed by atoms with Crippen LogP contribution in [0, 0.1) is 6.92 Å². The smallest absolute Gasteiger partial charge is 0.314 e. The van der Waals surface area contributed by atoms with Crippen molar-refractivity contribution in [3.8, 4) is 11.6 Å². The van der Waals surface area contributed by atoms with Crippen LogP contribution in [-0.4, -0.2) is 99.1 Å². The number of urea groups is 1. The van der Waals surface area contributed by atoms with E-state index < -0.39 is 43.3 Å². The zero-order valence-corrected chi connectivity index (χ0v) is 21.6. The average Bonchev–Trinajstić information content (AvgIpc) is 3.25. The van der Waals surface area contributed by atoms with Gasteiger partial charge in [-0.2, -0.15) is 0 Å². The highest BCUT2D eigenvalue weighted by Crippen LogP contribution is 2.32. The molecule has 2 heterocycles. The summed E-state index contributed by atoms with van der Waals surface area (Å²) in [6.07, 6.45) is -5.86. The lowest BCUT2D eigenvalue weighted by molar-refractivity contribution is -0.278. The fourth-order valence-electron chi connectivity index (χ4n) is 4.13. The summed E-state index contributed by atoms with van der Waals surface area (Å²) in [5.41, 5.74) is 8.82. The van der Waals surface area contributed by atoms with E-state index in [1.54, 1.807) is 7.05 Å². The fraction of sp³-hybridized carbons (Fsp3) is 0.600. The number of primary amides is 1. The summed E-state index contributed by atoms with van der Waals surface area (Å²) in [6, 6.07) is 5.28. The Morgan fingerprint density at radius 3 is 2.59 bits per heavy atom. The number of aromatic amines is 1. The van der Waals surface area contributed by atoms with Gasteiger partial charge in [-0.05, 0) is 42.5 Å². The van der Waals surface area contributed by atoms with Crippen LogP contribution in [0.3, 0.4) is 0 Å². The van der Waals surface area contributed by atoms with Gasteiger partial charge in [0, 0.05) is 31.3 Å². The van der Waals surface area contributed by atoms with Crippen LogP contribution >= 0.6 is 0 Å². The average molecular weight is 523 g/mol. The van der Waals surface area contributed by atoms with Crippen molar-refractivity contribution in [2.45, 2.75) is 70.2 Å². The highest BCUT2D eigenvalue weighted by Gasteiger charge is 2.45. The van der Waals surface area contributed by atoms with Gasteiger partial charge in [-0.1, -0.05) is 19.9 Å². The molecule has 0 spiro atoms. The Hall–Kier alpha value is -2.90. The summed E-state index contributed by atoms with van der Waals surface area (Å²) in [5.74, 6) is 1.000. The molecule has 1 aliphatic rings. The summed E-state index contributed by atoms with van der Waals surface area (Å²) in [6.45, 7) is 6.37. The number of aryl methyl sites for hydroxylation is 1. The van der Waals surface area contributed by atoms with Crippen molar-refractivity contribution >= 4 is 6.03 Å². The van der Waals surface area contributed by atoms with Crippen LogP contribution in [0.4, 0.5) is 4.79 Å². The molecule has 1 aliphatic heterocycles. The van der Waals surface area contributed by atoms with Gasteiger partial charge in [0.25, 0.3) is 0 Å². The minimum absolute atomic E-state index is 0.0936. The van der Waals surface area contributed by atoms with Crippen LogP contribution in [0.1, 0.15) is 48.6 Å². The number of nitrogens with two attached hydrogens (primary N) is 1. The molecule has 1 saturated heterocycles. The lowest BCUT2D eigenvalue weighted by atomic mass is 9.96. The first kappa shape index (κ1) is 28.7. The molecule has 0 radical (unpaired) electrons. The van der Waals surface area contributed by atoms with Crippen LogP contribution in [0.5, 0.6) is 11.6 Å². The Morgan fingerprint density at radius 2 is 1.97 bits per heavy atom. The largest absolute Gasteiger partial charge is 0.494 e. The summed E-state index contributed by atoms with van der Waals surface area (Å²) in [5, 5.41) is 47.2. The number of aliphatic hydroxyl groups excluding tert-OH is 4. The van der Waals surface area contributed by atoms with Crippen molar-refractivity contribution in [3.05, 3.63) is 40.6 Å². The summed E-state index contributed by atoms with van der Waals surface area (Å²) in [4.78, 5) is 12.5. The van der Waals surface area contributed by atoms with Crippen molar-refractivity contribution in [3.63, 3.8) is 0 Å². The number of hydrogen-bond donors (Lipinski definition) is 6. The second kappa shape index (κ2) is 12.6. The summed E-state index contributed by atoms with van der Waals surface area (Å²) in [7, 11) is 1.64. The van der Waals surface area contributed by atoms with Crippen LogP contribution in [0.25, 0.3) is 0 Å². The summed E-state index contributed by atoms with van der Waals surface area (Å²) >= 11 is 0. The van der Waals surface area contributed by atoms with Crippen molar-refractivity contribution in [1.29, 1.82) is 0 Å². The molecular weight excluding hydrogens is 484 g/mol. The first-order valence-electron chi connectivity index (χ1n) is 12.3. The van der Waals surface area contributed by atoms with Gasteiger partial charge in [-0.25, -0.2) is 4.79 Å². The number of aromatic nitrogens is 2. The van der Waals surface area contributed by atoms with Gasteiger partial charge in [-0.15, -0.1) is 5.10 Å². The Bertz CT molecular complexity index is 1040. The topological polar surface area (TPSA) is 184 Å². The van der Waals surface area contributed by atoms with E-state index in [4.69, 9.17) is 19.9 Å². The van der Waals surface area contributed by atoms with Gasteiger partial charge >= 0.3 is 6.03 Å². The predicted octanol–water partition coefficient (Wildman–Crippen LogP) is 0.390. The van der Waals surface area contributed by atoms with E-state index in [-0.39, 0.29) is 11.8 Å². The molecule has 1 aromatic heterocycles. The molecule has 0 aliphatic carbocycles. The monoisotopic (exact) mass is 522 g/mol. The molecule has 2 aromatic rings. The van der Waals surface area contributed by atoms with Gasteiger partial charge in [-0.3, -0.25) is 5.10 Å². The SMILES string of the molecule is Cc1cc(OCCCN(C)C(N)=O)ccc1Cc1c(O[C@@H]2O[C@H](CO)[C@@H](O)[C@H](O)[C@H]2O)n[nH]c1C(C)C.